The maximum absolute atomic E-state index is 4.77. The largest absolute Gasteiger partial charge is 0.355 e. The molecule has 2 heterocycles. The van der Waals surface area contributed by atoms with Crippen LogP contribution in [0, 0.1) is 0 Å². The van der Waals surface area contributed by atoms with Crippen molar-refractivity contribution in [1.29, 1.82) is 0 Å². The minimum absolute atomic E-state index is 0.678. The average Bonchev–Trinajstić information content (AvgIpc) is 3.03. The van der Waals surface area contributed by atoms with Gasteiger partial charge in [-0.2, -0.15) is 0 Å². The van der Waals surface area contributed by atoms with E-state index in [0.717, 1.165) is 16.1 Å². The molecule has 0 N–H and O–H groups in total. The van der Waals surface area contributed by atoms with Crippen LogP contribution in [0.15, 0.2) is 11.6 Å². The van der Waals surface area contributed by atoms with E-state index in [-0.39, 0.29) is 0 Å². The summed E-state index contributed by atoms with van der Waals surface area (Å²) in [5.41, 5.74) is 1.27. The monoisotopic (exact) mass is 313 g/mol. The second-order valence-electron chi connectivity index (χ2n) is 4.62. The molecule has 3 nitrogen and oxygen atoms in total. The van der Waals surface area contributed by atoms with Gasteiger partial charge in [0.25, 0.3) is 0 Å². The summed E-state index contributed by atoms with van der Waals surface area (Å²) >= 11 is 5.29. The maximum Gasteiger partial charge on any atom is 0.195 e. The van der Waals surface area contributed by atoms with Gasteiger partial charge in [0.05, 0.1) is 5.69 Å². The van der Waals surface area contributed by atoms with Crippen LogP contribution in [-0.4, -0.2) is 22.5 Å². The van der Waals surface area contributed by atoms with E-state index in [1.165, 1.54) is 31.4 Å². The third kappa shape index (κ3) is 1.89. The quantitative estimate of drug-likeness (QED) is 0.806. The molecule has 92 valence electrons. The molecular formula is C12H16BrN3S. The van der Waals surface area contributed by atoms with Crippen molar-refractivity contribution in [1.82, 2.24) is 9.38 Å². The lowest BCUT2D eigenvalue weighted by atomic mass is 10.2. The van der Waals surface area contributed by atoms with Crippen LogP contribution in [0.4, 0.5) is 5.82 Å². The topological polar surface area (TPSA) is 20.5 Å². The minimum Gasteiger partial charge on any atom is -0.355 e. The van der Waals surface area contributed by atoms with Gasteiger partial charge in [-0.15, -0.1) is 11.3 Å². The van der Waals surface area contributed by atoms with Gasteiger partial charge in [-0.05, 0) is 12.8 Å². The highest BCUT2D eigenvalue weighted by Crippen LogP contribution is 2.31. The van der Waals surface area contributed by atoms with Crippen molar-refractivity contribution in [3.05, 3.63) is 17.3 Å². The Balaban J connectivity index is 2.00. The molecule has 17 heavy (non-hydrogen) atoms. The summed E-state index contributed by atoms with van der Waals surface area (Å²) < 4.78 is 2.19. The molecule has 0 bridgehead atoms. The van der Waals surface area contributed by atoms with Gasteiger partial charge < -0.3 is 4.90 Å². The first kappa shape index (κ1) is 11.5. The van der Waals surface area contributed by atoms with E-state index in [9.17, 15) is 0 Å². The molecule has 0 atom stereocenters. The Morgan fingerprint density at radius 3 is 3.00 bits per heavy atom. The highest BCUT2D eigenvalue weighted by molar-refractivity contribution is 9.08. The summed E-state index contributed by atoms with van der Waals surface area (Å²) in [5.74, 6) is 1.15. The molecule has 0 amide bonds. The summed E-state index contributed by atoms with van der Waals surface area (Å²) in [5, 5.41) is 2.95. The molecule has 3 rings (SSSR count). The van der Waals surface area contributed by atoms with Crippen molar-refractivity contribution in [3.63, 3.8) is 0 Å². The third-order valence-electron chi connectivity index (χ3n) is 3.67. The molecule has 2 aromatic heterocycles. The van der Waals surface area contributed by atoms with Crippen LogP contribution in [0.25, 0.3) is 4.96 Å². The molecule has 1 fully saturated rings. The van der Waals surface area contributed by atoms with Crippen LogP contribution in [0.3, 0.4) is 0 Å². The van der Waals surface area contributed by atoms with E-state index in [0.29, 0.717) is 6.04 Å². The van der Waals surface area contributed by atoms with Crippen molar-refractivity contribution >= 4 is 38.0 Å². The second-order valence-corrected chi connectivity index (χ2v) is 6.05. The molecule has 0 radical (unpaired) electrons. The predicted octanol–water partition coefficient (Wildman–Crippen LogP) is 3.67. The normalized spacial score (nSPS) is 17.1. The molecule has 5 heteroatoms. The number of hydrogen-bond acceptors (Lipinski definition) is 3. The number of nitrogens with zero attached hydrogens (tertiary/aromatic N) is 3. The van der Waals surface area contributed by atoms with Crippen molar-refractivity contribution in [2.75, 3.05) is 11.9 Å². The number of imidazole rings is 1. The minimum atomic E-state index is 0.678. The van der Waals surface area contributed by atoms with E-state index in [1.54, 1.807) is 11.3 Å². The first-order chi connectivity index (χ1) is 8.31. The van der Waals surface area contributed by atoms with Crippen LogP contribution in [-0.2, 0) is 5.33 Å². The van der Waals surface area contributed by atoms with Crippen LogP contribution < -0.4 is 4.90 Å². The van der Waals surface area contributed by atoms with Gasteiger partial charge in [0, 0.05) is 30.0 Å². The zero-order chi connectivity index (χ0) is 11.8. The van der Waals surface area contributed by atoms with Crippen molar-refractivity contribution in [2.45, 2.75) is 37.1 Å². The summed E-state index contributed by atoms with van der Waals surface area (Å²) in [6.45, 7) is 0. The second kappa shape index (κ2) is 4.61. The number of alkyl halides is 1. The number of aromatic nitrogens is 2. The van der Waals surface area contributed by atoms with Crippen molar-refractivity contribution in [3.8, 4) is 0 Å². The van der Waals surface area contributed by atoms with E-state index in [1.807, 2.05) is 0 Å². The lowest BCUT2D eigenvalue weighted by Gasteiger charge is -2.25. The Morgan fingerprint density at radius 1 is 1.53 bits per heavy atom. The lowest BCUT2D eigenvalue weighted by Crippen LogP contribution is -2.29. The van der Waals surface area contributed by atoms with Crippen LogP contribution in [0.5, 0.6) is 0 Å². The standard InChI is InChI=1S/C12H16BrN3S/c1-15(9-4-2-3-5-9)11-10(8-13)16-6-7-17-12(16)14-11/h6-7,9H,2-5,8H2,1H3. The first-order valence-electron chi connectivity index (χ1n) is 6.04. The average molecular weight is 314 g/mol. The predicted molar refractivity (Wildman–Crippen MR) is 76.4 cm³/mol. The first-order valence-corrected chi connectivity index (χ1v) is 8.04. The molecule has 0 spiro atoms. The van der Waals surface area contributed by atoms with E-state index in [4.69, 9.17) is 4.98 Å². The molecule has 0 aromatic carbocycles. The number of halogens is 1. The molecule has 0 unspecified atom stereocenters. The lowest BCUT2D eigenvalue weighted by molar-refractivity contribution is 0.646. The Bertz CT molecular complexity index is 513. The van der Waals surface area contributed by atoms with Gasteiger partial charge in [-0.3, -0.25) is 4.40 Å². The number of anilines is 1. The van der Waals surface area contributed by atoms with Gasteiger partial charge in [0.2, 0.25) is 0 Å². The van der Waals surface area contributed by atoms with E-state index in [2.05, 4.69) is 43.9 Å². The fourth-order valence-corrected chi connectivity index (χ4v) is 3.94. The number of thiazole rings is 1. The summed E-state index contributed by atoms with van der Waals surface area (Å²) in [6, 6.07) is 0.678. The number of fused-ring (bicyclic) bond motifs is 1. The van der Waals surface area contributed by atoms with Crippen LogP contribution in [0.2, 0.25) is 0 Å². The molecule has 1 aliphatic carbocycles. The highest BCUT2D eigenvalue weighted by atomic mass is 79.9. The zero-order valence-electron chi connectivity index (χ0n) is 9.90. The van der Waals surface area contributed by atoms with Gasteiger partial charge in [-0.25, -0.2) is 4.98 Å². The van der Waals surface area contributed by atoms with Gasteiger partial charge in [0.1, 0.15) is 0 Å². The zero-order valence-corrected chi connectivity index (χ0v) is 12.3. The van der Waals surface area contributed by atoms with Crippen LogP contribution in [0.1, 0.15) is 31.4 Å². The molecule has 2 aromatic rings. The Hall–Kier alpha value is -0.550. The Kier molecular flexibility index (Phi) is 3.13. The van der Waals surface area contributed by atoms with Gasteiger partial charge in [-0.1, -0.05) is 28.8 Å². The number of hydrogen-bond donors (Lipinski definition) is 0. The summed E-state index contributed by atoms with van der Waals surface area (Å²) in [6.07, 6.45) is 7.45. The van der Waals surface area contributed by atoms with Gasteiger partial charge in [0.15, 0.2) is 10.8 Å². The molecule has 0 aliphatic heterocycles. The van der Waals surface area contributed by atoms with Gasteiger partial charge >= 0.3 is 0 Å². The Morgan fingerprint density at radius 2 is 2.29 bits per heavy atom. The molecule has 1 aliphatic rings. The summed E-state index contributed by atoms with van der Waals surface area (Å²) in [7, 11) is 2.19. The smallest absolute Gasteiger partial charge is 0.195 e. The van der Waals surface area contributed by atoms with E-state index < -0.39 is 0 Å². The summed E-state index contributed by atoms with van der Waals surface area (Å²) in [4.78, 5) is 8.24. The van der Waals surface area contributed by atoms with Crippen LogP contribution >= 0.6 is 27.3 Å². The van der Waals surface area contributed by atoms with Crippen molar-refractivity contribution < 1.29 is 0 Å². The molecule has 1 saturated carbocycles. The molecular weight excluding hydrogens is 298 g/mol. The fourth-order valence-electron chi connectivity index (χ4n) is 2.69. The molecule has 0 saturated heterocycles. The highest BCUT2D eigenvalue weighted by Gasteiger charge is 2.24. The van der Waals surface area contributed by atoms with Crippen molar-refractivity contribution in [2.24, 2.45) is 0 Å². The SMILES string of the molecule is CN(c1nc2sccn2c1CBr)C1CCCC1. The fraction of sp³-hybridized carbons (Fsp3) is 0.583. The maximum atomic E-state index is 4.77. The Labute approximate surface area is 114 Å². The number of rotatable bonds is 3. The third-order valence-corrected chi connectivity index (χ3v) is 4.96. The van der Waals surface area contributed by atoms with E-state index >= 15 is 0 Å².